The van der Waals surface area contributed by atoms with Crippen LogP contribution in [0.1, 0.15) is 48.7 Å². The summed E-state index contributed by atoms with van der Waals surface area (Å²) >= 11 is 1.49. The van der Waals surface area contributed by atoms with Crippen LogP contribution in [-0.4, -0.2) is 47.1 Å². The number of thioether (sulfide) groups is 1. The Morgan fingerprint density at radius 3 is 2.51 bits per heavy atom. The number of aryl methyl sites for hydroxylation is 1. The standard InChI is InChI=1S/C28H31N3O5S/c1-5-19-14-22(15-20(16-29)26(19)35-13-12-34-18-25(32)33)28(2,3)21-6-8-24(9-7-21)36-17-23-10-11-30-27(31-23)37-4/h6-11,14-15H,5,12-13,17-18H2,1-4H3,(H,32,33). The Bertz CT molecular complexity index is 1260. The lowest BCUT2D eigenvalue weighted by molar-refractivity contribution is -0.142. The molecule has 0 aliphatic rings. The number of carbonyl (C=O) groups is 1. The highest BCUT2D eigenvalue weighted by atomic mass is 32.2. The fraction of sp³-hybridized carbons (Fsp3) is 0.357. The molecule has 0 aliphatic heterocycles. The van der Waals surface area contributed by atoms with Gasteiger partial charge in [-0.05, 0) is 53.6 Å². The van der Waals surface area contributed by atoms with Crippen LogP contribution in [0.5, 0.6) is 11.5 Å². The highest BCUT2D eigenvalue weighted by Gasteiger charge is 2.26. The van der Waals surface area contributed by atoms with Gasteiger partial charge in [0.25, 0.3) is 0 Å². The van der Waals surface area contributed by atoms with E-state index in [9.17, 15) is 10.1 Å². The second-order valence-corrected chi connectivity index (χ2v) is 9.52. The van der Waals surface area contributed by atoms with Gasteiger partial charge in [-0.1, -0.05) is 50.7 Å². The average molecular weight is 522 g/mol. The largest absolute Gasteiger partial charge is 0.490 e. The van der Waals surface area contributed by atoms with E-state index in [1.807, 2.05) is 49.6 Å². The number of nitriles is 1. The molecular formula is C28H31N3O5S. The van der Waals surface area contributed by atoms with Gasteiger partial charge in [0.15, 0.2) is 5.16 Å². The molecular weight excluding hydrogens is 490 g/mol. The smallest absolute Gasteiger partial charge is 0.329 e. The van der Waals surface area contributed by atoms with Crippen LogP contribution in [0.2, 0.25) is 0 Å². The Morgan fingerprint density at radius 1 is 1.11 bits per heavy atom. The molecule has 0 spiro atoms. The van der Waals surface area contributed by atoms with E-state index >= 15 is 0 Å². The molecule has 0 saturated heterocycles. The van der Waals surface area contributed by atoms with Gasteiger partial charge in [0.2, 0.25) is 0 Å². The van der Waals surface area contributed by atoms with Crippen molar-refractivity contribution < 1.29 is 24.1 Å². The zero-order chi connectivity index (χ0) is 26.8. The molecule has 0 atom stereocenters. The molecule has 37 heavy (non-hydrogen) atoms. The summed E-state index contributed by atoms with van der Waals surface area (Å²) in [5, 5.41) is 19.2. The van der Waals surface area contributed by atoms with E-state index in [0.29, 0.717) is 29.5 Å². The minimum Gasteiger partial charge on any atom is -0.490 e. The number of nitrogens with zero attached hydrogens (tertiary/aromatic N) is 3. The molecule has 0 amide bonds. The molecule has 0 aliphatic carbocycles. The molecule has 2 aromatic carbocycles. The molecule has 3 aromatic rings. The Balaban J connectivity index is 1.74. The Morgan fingerprint density at radius 2 is 1.86 bits per heavy atom. The molecule has 1 N–H and O–H groups in total. The average Bonchev–Trinajstić information content (AvgIpc) is 2.91. The third kappa shape index (κ3) is 7.44. The Kier molecular flexibility index (Phi) is 9.89. The molecule has 194 valence electrons. The number of aliphatic carboxylic acids is 1. The van der Waals surface area contributed by atoms with Gasteiger partial charge in [0.05, 0.1) is 17.9 Å². The van der Waals surface area contributed by atoms with Gasteiger partial charge >= 0.3 is 5.97 Å². The van der Waals surface area contributed by atoms with Gasteiger partial charge in [-0.25, -0.2) is 14.8 Å². The molecule has 0 radical (unpaired) electrons. The first kappa shape index (κ1) is 28.0. The quantitative estimate of drug-likeness (QED) is 0.188. The van der Waals surface area contributed by atoms with Gasteiger partial charge in [-0.2, -0.15) is 5.26 Å². The maximum Gasteiger partial charge on any atom is 0.329 e. The van der Waals surface area contributed by atoms with Crippen LogP contribution >= 0.6 is 11.8 Å². The monoisotopic (exact) mass is 521 g/mol. The summed E-state index contributed by atoms with van der Waals surface area (Å²) in [6.45, 7) is 6.49. The van der Waals surface area contributed by atoms with Crippen molar-refractivity contribution in [3.8, 4) is 17.6 Å². The van der Waals surface area contributed by atoms with Crippen LogP contribution in [-0.2, 0) is 28.0 Å². The summed E-state index contributed by atoms with van der Waals surface area (Å²) in [5.74, 6) is 0.222. The molecule has 0 fully saturated rings. The second-order valence-electron chi connectivity index (χ2n) is 8.74. The molecule has 1 heterocycles. The minimum atomic E-state index is -1.03. The first-order chi connectivity index (χ1) is 17.8. The summed E-state index contributed by atoms with van der Waals surface area (Å²) in [7, 11) is 0. The van der Waals surface area contributed by atoms with E-state index < -0.39 is 5.97 Å². The van der Waals surface area contributed by atoms with E-state index in [-0.39, 0.29) is 25.2 Å². The lowest BCUT2D eigenvalue weighted by Gasteiger charge is -2.28. The number of carboxylic acids is 1. The van der Waals surface area contributed by atoms with Gasteiger partial charge in [0.1, 0.15) is 37.4 Å². The van der Waals surface area contributed by atoms with Gasteiger partial charge in [0, 0.05) is 11.6 Å². The molecule has 0 unspecified atom stereocenters. The molecule has 8 nitrogen and oxygen atoms in total. The van der Waals surface area contributed by atoms with Crippen molar-refractivity contribution in [2.45, 2.75) is 44.4 Å². The van der Waals surface area contributed by atoms with E-state index in [0.717, 1.165) is 28.1 Å². The van der Waals surface area contributed by atoms with Crippen LogP contribution < -0.4 is 9.47 Å². The summed E-state index contributed by atoms with van der Waals surface area (Å²) < 4.78 is 16.8. The maximum atomic E-state index is 10.6. The van der Waals surface area contributed by atoms with Crippen molar-refractivity contribution >= 4 is 17.7 Å². The van der Waals surface area contributed by atoms with Crippen molar-refractivity contribution in [3.05, 3.63) is 76.6 Å². The van der Waals surface area contributed by atoms with Crippen molar-refractivity contribution in [1.29, 1.82) is 5.26 Å². The number of hydrogen-bond acceptors (Lipinski definition) is 8. The number of ether oxygens (including phenoxy) is 3. The number of carboxylic acid groups (broad SMARTS) is 1. The third-order valence-corrected chi connectivity index (χ3v) is 6.49. The summed E-state index contributed by atoms with van der Waals surface area (Å²) in [6.07, 6.45) is 4.34. The van der Waals surface area contributed by atoms with Gasteiger partial charge in [-0.15, -0.1) is 0 Å². The molecule has 3 rings (SSSR count). The summed E-state index contributed by atoms with van der Waals surface area (Å²) in [5.41, 5.74) is 3.86. The van der Waals surface area contributed by atoms with Crippen LogP contribution in [0.3, 0.4) is 0 Å². The minimum absolute atomic E-state index is 0.123. The Hall–Kier alpha value is -3.61. The van der Waals surface area contributed by atoms with E-state index in [1.165, 1.54) is 11.8 Å². The van der Waals surface area contributed by atoms with Gasteiger partial charge in [-0.3, -0.25) is 0 Å². The predicted octanol–water partition coefficient (Wildman–Crippen LogP) is 5.02. The predicted molar refractivity (Wildman–Crippen MR) is 141 cm³/mol. The normalized spacial score (nSPS) is 11.1. The lowest BCUT2D eigenvalue weighted by Crippen LogP contribution is -2.20. The van der Waals surface area contributed by atoms with Gasteiger partial charge < -0.3 is 19.3 Å². The zero-order valence-electron chi connectivity index (χ0n) is 21.5. The summed E-state index contributed by atoms with van der Waals surface area (Å²) in [4.78, 5) is 19.2. The highest BCUT2D eigenvalue weighted by Crippen LogP contribution is 2.37. The lowest BCUT2D eigenvalue weighted by atomic mass is 9.77. The first-order valence-corrected chi connectivity index (χ1v) is 13.1. The number of benzene rings is 2. The van der Waals surface area contributed by atoms with Crippen LogP contribution in [0.4, 0.5) is 0 Å². The fourth-order valence-corrected chi connectivity index (χ4v) is 4.15. The second kappa shape index (κ2) is 13.1. The maximum absolute atomic E-state index is 10.6. The molecule has 0 bridgehead atoms. The summed E-state index contributed by atoms with van der Waals surface area (Å²) in [6, 6.07) is 16.0. The van der Waals surface area contributed by atoms with E-state index in [1.54, 1.807) is 6.20 Å². The fourth-order valence-electron chi connectivity index (χ4n) is 3.77. The molecule has 0 saturated carbocycles. The Labute approximate surface area is 221 Å². The zero-order valence-corrected chi connectivity index (χ0v) is 22.3. The highest BCUT2D eigenvalue weighted by molar-refractivity contribution is 7.98. The molecule has 1 aromatic heterocycles. The van der Waals surface area contributed by atoms with Crippen molar-refractivity contribution in [3.63, 3.8) is 0 Å². The van der Waals surface area contributed by atoms with Crippen molar-refractivity contribution in [2.24, 2.45) is 0 Å². The van der Waals surface area contributed by atoms with E-state index in [2.05, 4.69) is 36.0 Å². The first-order valence-electron chi connectivity index (χ1n) is 11.9. The topological polar surface area (TPSA) is 115 Å². The molecule has 9 heteroatoms. The number of rotatable bonds is 13. The number of aromatic nitrogens is 2. The third-order valence-electron chi connectivity index (χ3n) is 5.92. The van der Waals surface area contributed by atoms with Crippen LogP contribution in [0.25, 0.3) is 0 Å². The van der Waals surface area contributed by atoms with E-state index in [4.69, 9.17) is 19.3 Å². The SMILES string of the molecule is CCc1cc(C(C)(C)c2ccc(OCc3ccnc(SC)n3)cc2)cc(C#N)c1OCCOCC(=O)O. The number of hydrogen-bond donors (Lipinski definition) is 1. The van der Waals surface area contributed by atoms with Crippen LogP contribution in [0, 0.1) is 11.3 Å². The van der Waals surface area contributed by atoms with Crippen molar-refractivity contribution in [2.75, 3.05) is 26.1 Å². The van der Waals surface area contributed by atoms with Crippen LogP contribution in [0.15, 0.2) is 53.8 Å². The van der Waals surface area contributed by atoms with Crippen molar-refractivity contribution in [1.82, 2.24) is 9.97 Å².